The smallest absolute Gasteiger partial charge is 0.230 e. The molecule has 142 valence electrons. The highest BCUT2D eigenvalue weighted by Crippen LogP contribution is 2.28. The minimum atomic E-state index is -0.233. The van der Waals surface area contributed by atoms with Gasteiger partial charge in [0, 0.05) is 5.54 Å². The highest BCUT2D eigenvalue weighted by atomic mass is 32.2. The minimum Gasteiger partial charge on any atom is -0.350 e. The molecule has 0 atom stereocenters. The molecule has 7 heteroatoms. The topological polar surface area (TPSA) is 46.9 Å². The van der Waals surface area contributed by atoms with Crippen LogP contribution in [-0.4, -0.2) is 27.0 Å². The van der Waals surface area contributed by atoms with Crippen molar-refractivity contribution in [2.24, 2.45) is 5.41 Å². The van der Waals surface area contributed by atoms with Gasteiger partial charge in [0.2, 0.25) is 5.91 Å². The molecule has 1 aromatic carbocycles. The Labute approximate surface area is 169 Å². The molecule has 2 rings (SSSR count). The standard InChI is InChI=1S/C19H27N3OS3/c1-13-9-7-8-10-14(13)22-17(24)26-16(21-22)25-11-15(23)20-19(5,6)12-18(2,3)4/h7-10H,11-12H2,1-6H3,(H,20,23). The molecule has 4 nitrogen and oxygen atoms in total. The summed E-state index contributed by atoms with van der Waals surface area (Å²) in [5.74, 6) is 0.358. The summed E-state index contributed by atoms with van der Waals surface area (Å²) in [4.78, 5) is 12.3. The van der Waals surface area contributed by atoms with Gasteiger partial charge in [0.05, 0.1) is 11.4 Å². The lowest BCUT2D eigenvalue weighted by Gasteiger charge is -2.33. The molecule has 1 heterocycles. The van der Waals surface area contributed by atoms with Crippen LogP contribution in [0.4, 0.5) is 0 Å². The van der Waals surface area contributed by atoms with Gasteiger partial charge in [0.25, 0.3) is 0 Å². The number of hydrogen-bond acceptors (Lipinski definition) is 5. The van der Waals surface area contributed by atoms with Gasteiger partial charge < -0.3 is 5.32 Å². The van der Waals surface area contributed by atoms with Crippen molar-refractivity contribution >= 4 is 41.2 Å². The van der Waals surface area contributed by atoms with Crippen molar-refractivity contribution in [3.8, 4) is 5.69 Å². The summed E-state index contributed by atoms with van der Waals surface area (Å²) in [6.45, 7) is 12.7. The van der Waals surface area contributed by atoms with Gasteiger partial charge in [-0.3, -0.25) is 4.79 Å². The molecule has 1 N–H and O–H groups in total. The van der Waals surface area contributed by atoms with E-state index in [1.807, 2.05) is 31.2 Å². The minimum absolute atomic E-state index is 0.0211. The quantitative estimate of drug-likeness (QED) is 0.513. The lowest BCUT2D eigenvalue weighted by molar-refractivity contribution is -0.120. The second kappa shape index (κ2) is 8.23. The second-order valence-electron chi connectivity index (χ2n) is 8.29. The van der Waals surface area contributed by atoms with E-state index in [-0.39, 0.29) is 16.9 Å². The first kappa shape index (κ1) is 21.1. The molecule has 1 aromatic heterocycles. The fourth-order valence-corrected chi connectivity index (χ4v) is 5.33. The van der Waals surface area contributed by atoms with Gasteiger partial charge in [0.1, 0.15) is 0 Å². The number of benzene rings is 1. The number of rotatable bonds is 6. The third-order valence-corrected chi connectivity index (χ3v) is 6.02. The van der Waals surface area contributed by atoms with Crippen molar-refractivity contribution in [1.29, 1.82) is 0 Å². The van der Waals surface area contributed by atoms with Crippen LogP contribution in [0.1, 0.15) is 46.6 Å². The average Bonchev–Trinajstić information content (AvgIpc) is 2.83. The lowest BCUT2D eigenvalue weighted by Crippen LogP contribution is -2.46. The summed E-state index contributed by atoms with van der Waals surface area (Å²) in [5.41, 5.74) is 2.03. The van der Waals surface area contributed by atoms with Crippen molar-refractivity contribution in [3.05, 3.63) is 33.8 Å². The molecule has 0 bridgehead atoms. The Hall–Kier alpha value is -1.18. The maximum absolute atomic E-state index is 12.3. The number of carbonyl (C=O) groups is 1. The first-order valence-electron chi connectivity index (χ1n) is 8.57. The van der Waals surface area contributed by atoms with E-state index in [1.54, 1.807) is 4.68 Å². The van der Waals surface area contributed by atoms with E-state index >= 15 is 0 Å². The maximum Gasteiger partial charge on any atom is 0.230 e. The number of aromatic nitrogens is 2. The van der Waals surface area contributed by atoms with Crippen LogP contribution < -0.4 is 5.32 Å². The number of thioether (sulfide) groups is 1. The summed E-state index contributed by atoms with van der Waals surface area (Å²) >= 11 is 8.31. The Kier molecular flexibility index (Phi) is 6.69. The van der Waals surface area contributed by atoms with E-state index in [0.717, 1.165) is 22.0 Å². The van der Waals surface area contributed by atoms with Crippen LogP contribution in [0, 0.1) is 16.3 Å². The summed E-state index contributed by atoms with van der Waals surface area (Å²) in [6.07, 6.45) is 0.914. The van der Waals surface area contributed by atoms with Gasteiger partial charge >= 0.3 is 0 Å². The van der Waals surface area contributed by atoms with E-state index < -0.39 is 0 Å². The predicted molar refractivity (Wildman–Crippen MR) is 114 cm³/mol. The number of aryl methyl sites for hydroxylation is 1. The van der Waals surface area contributed by atoms with Crippen LogP contribution in [0.5, 0.6) is 0 Å². The van der Waals surface area contributed by atoms with E-state index in [1.165, 1.54) is 23.1 Å². The van der Waals surface area contributed by atoms with Gasteiger partial charge in [-0.1, -0.05) is 62.1 Å². The molecule has 0 aliphatic carbocycles. The van der Waals surface area contributed by atoms with Crippen LogP contribution >= 0.6 is 35.3 Å². The van der Waals surface area contributed by atoms with Crippen LogP contribution in [0.2, 0.25) is 0 Å². The Balaban J connectivity index is 2.00. The summed E-state index contributed by atoms with van der Waals surface area (Å²) in [6, 6.07) is 8.00. The molecular formula is C19H27N3OS3. The molecule has 0 saturated heterocycles. The monoisotopic (exact) mass is 409 g/mol. The summed E-state index contributed by atoms with van der Waals surface area (Å²) in [5, 5.41) is 7.71. The molecule has 1 amide bonds. The Morgan fingerprint density at radius 3 is 2.54 bits per heavy atom. The van der Waals surface area contributed by atoms with Gasteiger partial charge in [-0.25, -0.2) is 4.68 Å². The Morgan fingerprint density at radius 1 is 1.27 bits per heavy atom. The highest BCUT2D eigenvalue weighted by molar-refractivity contribution is 8.01. The number of nitrogens with zero attached hydrogens (tertiary/aromatic N) is 2. The van der Waals surface area contributed by atoms with Gasteiger partial charge in [0.15, 0.2) is 8.29 Å². The van der Waals surface area contributed by atoms with Gasteiger partial charge in [-0.2, -0.15) is 0 Å². The second-order valence-corrected chi connectivity index (χ2v) is 11.1. The fraction of sp³-hybridized carbons (Fsp3) is 0.526. The SMILES string of the molecule is Cc1ccccc1-n1nc(SCC(=O)NC(C)(C)CC(C)(C)C)sc1=S. The molecule has 0 aliphatic rings. The van der Waals surface area contributed by atoms with Gasteiger partial charge in [-0.15, -0.1) is 5.10 Å². The van der Waals surface area contributed by atoms with Crippen LogP contribution in [0.25, 0.3) is 5.69 Å². The molecule has 0 spiro atoms. The van der Waals surface area contributed by atoms with E-state index in [0.29, 0.717) is 9.71 Å². The molecule has 0 saturated carbocycles. The predicted octanol–water partition coefficient (Wildman–Crippen LogP) is 5.39. The first-order chi connectivity index (χ1) is 12.0. The maximum atomic E-state index is 12.3. The zero-order chi connectivity index (χ0) is 19.5. The molecule has 0 fully saturated rings. The third kappa shape index (κ3) is 6.21. The van der Waals surface area contributed by atoms with Crippen molar-refractivity contribution in [1.82, 2.24) is 15.1 Å². The van der Waals surface area contributed by atoms with Crippen molar-refractivity contribution in [2.75, 3.05) is 5.75 Å². The molecular weight excluding hydrogens is 382 g/mol. The van der Waals surface area contributed by atoms with E-state index in [2.05, 4.69) is 45.0 Å². The lowest BCUT2D eigenvalue weighted by atomic mass is 9.82. The molecule has 2 aromatic rings. The Bertz CT molecular complexity index is 831. The van der Waals surface area contributed by atoms with E-state index in [9.17, 15) is 4.79 Å². The molecule has 0 unspecified atom stereocenters. The summed E-state index contributed by atoms with van der Waals surface area (Å²) in [7, 11) is 0. The van der Waals surface area contributed by atoms with Crippen LogP contribution in [0.15, 0.2) is 28.6 Å². The fourth-order valence-electron chi connectivity index (χ4n) is 3.18. The zero-order valence-corrected chi connectivity index (χ0v) is 18.7. The number of carbonyl (C=O) groups excluding carboxylic acids is 1. The number of nitrogens with one attached hydrogen (secondary N) is 1. The third-order valence-electron chi connectivity index (χ3n) is 3.65. The molecule has 26 heavy (non-hydrogen) atoms. The number of hydrogen-bond donors (Lipinski definition) is 1. The number of para-hydroxylation sites is 1. The largest absolute Gasteiger partial charge is 0.350 e. The molecule has 0 radical (unpaired) electrons. The highest BCUT2D eigenvalue weighted by Gasteiger charge is 2.27. The average molecular weight is 410 g/mol. The number of amides is 1. The van der Waals surface area contributed by atoms with Gasteiger partial charge in [-0.05, 0) is 56.5 Å². The first-order valence-corrected chi connectivity index (χ1v) is 10.8. The Morgan fingerprint density at radius 2 is 1.92 bits per heavy atom. The van der Waals surface area contributed by atoms with Crippen LogP contribution in [-0.2, 0) is 4.79 Å². The zero-order valence-electron chi connectivity index (χ0n) is 16.3. The van der Waals surface area contributed by atoms with Crippen molar-refractivity contribution in [3.63, 3.8) is 0 Å². The normalized spacial score (nSPS) is 12.2. The summed E-state index contributed by atoms with van der Waals surface area (Å²) < 4.78 is 3.27. The molecule has 0 aliphatic heterocycles. The van der Waals surface area contributed by atoms with Crippen molar-refractivity contribution in [2.45, 2.75) is 57.8 Å². The van der Waals surface area contributed by atoms with E-state index in [4.69, 9.17) is 12.2 Å². The van der Waals surface area contributed by atoms with Crippen molar-refractivity contribution < 1.29 is 4.79 Å². The van der Waals surface area contributed by atoms with Crippen LogP contribution in [0.3, 0.4) is 0 Å².